The first kappa shape index (κ1) is 5.49. The second-order valence-electron chi connectivity index (χ2n) is 2.93. The summed E-state index contributed by atoms with van der Waals surface area (Å²) in [6, 6.07) is 0. The van der Waals surface area contributed by atoms with Gasteiger partial charge in [0.2, 0.25) is 0 Å². The fourth-order valence-corrected chi connectivity index (χ4v) is 1.66. The lowest BCUT2D eigenvalue weighted by Gasteiger charge is -2.18. The minimum Gasteiger partial charge on any atom is -0.385 e. The molecule has 0 aromatic rings. The molecule has 3 saturated heterocycles. The molecular formula is C6H8O4. The second-order valence-corrected chi connectivity index (χ2v) is 2.93. The van der Waals surface area contributed by atoms with E-state index < -0.39 is 12.4 Å². The Hall–Kier alpha value is -0.160. The van der Waals surface area contributed by atoms with Crippen LogP contribution in [0.15, 0.2) is 0 Å². The summed E-state index contributed by atoms with van der Waals surface area (Å²) >= 11 is 0. The largest absolute Gasteiger partial charge is 0.385 e. The first-order chi connectivity index (χ1) is 4.86. The van der Waals surface area contributed by atoms with Gasteiger partial charge >= 0.3 is 0 Å². The Morgan fingerprint density at radius 2 is 2.10 bits per heavy atom. The molecule has 3 aliphatic rings. The third-order valence-electron chi connectivity index (χ3n) is 2.28. The van der Waals surface area contributed by atoms with Crippen LogP contribution < -0.4 is 0 Å². The Kier molecular flexibility index (Phi) is 0.840. The summed E-state index contributed by atoms with van der Waals surface area (Å²) in [6.45, 7) is 0.572. The van der Waals surface area contributed by atoms with Crippen LogP contribution in [0.25, 0.3) is 0 Å². The molecule has 0 aliphatic carbocycles. The molecule has 0 spiro atoms. The maximum Gasteiger partial charge on any atom is 0.186 e. The van der Waals surface area contributed by atoms with Gasteiger partial charge in [-0.05, 0) is 0 Å². The smallest absolute Gasteiger partial charge is 0.186 e. The van der Waals surface area contributed by atoms with Crippen LogP contribution in [0.1, 0.15) is 0 Å². The monoisotopic (exact) mass is 144 g/mol. The van der Waals surface area contributed by atoms with E-state index in [1.807, 2.05) is 0 Å². The fourth-order valence-electron chi connectivity index (χ4n) is 1.66. The summed E-state index contributed by atoms with van der Waals surface area (Å²) in [5.74, 6) is 0. The minimum atomic E-state index is -0.566. The molecule has 56 valence electrons. The number of hydrogen-bond donors (Lipinski definition) is 1. The Labute approximate surface area is 57.7 Å². The molecule has 3 aliphatic heterocycles. The van der Waals surface area contributed by atoms with Crippen molar-refractivity contribution in [2.75, 3.05) is 6.61 Å². The van der Waals surface area contributed by atoms with Crippen molar-refractivity contribution in [1.82, 2.24) is 0 Å². The van der Waals surface area contributed by atoms with Gasteiger partial charge in [-0.15, -0.1) is 0 Å². The second kappa shape index (κ2) is 1.53. The summed E-state index contributed by atoms with van der Waals surface area (Å²) in [7, 11) is 0. The van der Waals surface area contributed by atoms with Gasteiger partial charge < -0.3 is 19.3 Å². The van der Waals surface area contributed by atoms with Crippen molar-refractivity contribution in [3.8, 4) is 0 Å². The van der Waals surface area contributed by atoms with Crippen molar-refractivity contribution >= 4 is 0 Å². The zero-order valence-corrected chi connectivity index (χ0v) is 5.27. The zero-order valence-electron chi connectivity index (χ0n) is 5.27. The third kappa shape index (κ3) is 0.509. The van der Waals surface area contributed by atoms with E-state index in [1.54, 1.807) is 0 Å². The van der Waals surface area contributed by atoms with Gasteiger partial charge in [-0.2, -0.15) is 0 Å². The van der Waals surface area contributed by atoms with E-state index in [1.165, 1.54) is 0 Å². The van der Waals surface area contributed by atoms with Crippen molar-refractivity contribution in [2.45, 2.75) is 30.7 Å². The molecule has 0 saturated carbocycles. The van der Waals surface area contributed by atoms with Crippen molar-refractivity contribution in [1.29, 1.82) is 0 Å². The van der Waals surface area contributed by atoms with Crippen molar-refractivity contribution in [3.05, 3.63) is 0 Å². The summed E-state index contributed by atoms with van der Waals surface area (Å²) < 4.78 is 15.6. The van der Waals surface area contributed by atoms with Crippen LogP contribution >= 0.6 is 0 Å². The van der Waals surface area contributed by atoms with E-state index in [9.17, 15) is 5.11 Å². The predicted octanol–water partition coefficient (Wildman–Crippen LogP) is -1.13. The number of epoxide rings is 1. The predicted molar refractivity (Wildman–Crippen MR) is 29.3 cm³/mol. The molecule has 4 heteroatoms. The van der Waals surface area contributed by atoms with E-state index in [2.05, 4.69) is 0 Å². The number of fused-ring (bicyclic) bond motifs is 4. The van der Waals surface area contributed by atoms with Crippen LogP contribution in [0.4, 0.5) is 0 Å². The highest BCUT2D eigenvalue weighted by molar-refractivity contribution is 5.03. The lowest BCUT2D eigenvalue weighted by atomic mass is 10.1. The fraction of sp³-hybridized carbons (Fsp3) is 1.00. The van der Waals surface area contributed by atoms with Gasteiger partial charge in [0.15, 0.2) is 6.29 Å². The Balaban J connectivity index is 1.91. The van der Waals surface area contributed by atoms with E-state index in [4.69, 9.17) is 14.2 Å². The summed E-state index contributed by atoms with van der Waals surface area (Å²) in [4.78, 5) is 0. The van der Waals surface area contributed by atoms with Crippen LogP contribution in [0.3, 0.4) is 0 Å². The normalized spacial score (nSPS) is 63.9. The van der Waals surface area contributed by atoms with E-state index in [0.717, 1.165) is 0 Å². The number of hydrogen-bond acceptors (Lipinski definition) is 4. The molecule has 0 aromatic carbocycles. The van der Waals surface area contributed by atoms with Crippen LogP contribution in [0.2, 0.25) is 0 Å². The van der Waals surface area contributed by atoms with E-state index in [0.29, 0.717) is 6.61 Å². The van der Waals surface area contributed by atoms with Gasteiger partial charge in [-0.3, -0.25) is 0 Å². The molecule has 1 N–H and O–H groups in total. The van der Waals surface area contributed by atoms with Crippen molar-refractivity contribution < 1.29 is 19.3 Å². The Bertz CT molecular complexity index is 169. The molecule has 0 radical (unpaired) electrons. The van der Waals surface area contributed by atoms with E-state index in [-0.39, 0.29) is 18.3 Å². The first-order valence-corrected chi connectivity index (χ1v) is 3.47. The maximum atomic E-state index is 9.33. The average Bonchev–Trinajstić information content (AvgIpc) is 2.61. The molecule has 4 nitrogen and oxygen atoms in total. The molecular weight excluding hydrogens is 136 g/mol. The number of aliphatic hydroxyl groups is 1. The highest BCUT2D eigenvalue weighted by Gasteiger charge is 2.60. The number of aliphatic hydroxyl groups excluding tert-OH is 1. The molecule has 3 rings (SSSR count). The SMILES string of the molecule is O[C@H]1C2O[C@H]2C2CO[C@@H]1O2. The summed E-state index contributed by atoms with van der Waals surface area (Å²) in [5, 5.41) is 9.33. The van der Waals surface area contributed by atoms with E-state index >= 15 is 0 Å². The molecule has 2 bridgehead atoms. The summed E-state index contributed by atoms with van der Waals surface area (Å²) in [6.07, 6.45) is -0.809. The molecule has 3 heterocycles. The maximum absolute atomic E-state index is 9.33. The van der Waals surface area contributed by atoms with Gasteiger partial charge in [0.1, 0.15) is 24.4 Å². The number of rotatable bonds is 0. The van der Waals surface area contributed by atoms with Gasteiger partial charge in [0.25, 0.3) is 0 Å². The van der Waals surface area contributed by atoms with Gasteiger partial charge in [-0.25, -0.2) is 0 Å². The molecule has 10 heavy (non-hydrogen) atoms. The van der Waals surface area contributed by atoms with Gasteiger partial charge in [-0.1, -0.05) is 0 Å². The highest BCUT2D eigenvalue weighted by Crippen LogP contribution is 2.41. The standard InChI is InChI=1S/C6H8O4/c7-3-5-4(10-5)2-1-8-6(3)9-2/h2-7H,1H2/t2?,3-,4-,5?,6+/m0/s1. The first-order valence-electron chi connectivity index (χ1n) is 3.47. The average molecular weight is 144 g/mol. The van der Waals surface area contributed by atoms with Gasteiger partial charge in [0, 0.05) is 0 Å². The van der Waals surface area contributed by atoms with Crippen molar-refractivity contribution in [2.24, 2.45) is 0 Å². The topological polar surface area (TPSA) is 51.2 Å². The molecule has 5 atom stereocenters. The van der Waals surface area contributed by atoms with Crippen LogP contribution in [-0.4, -0.2) is 42.4 Å². The Morgan fingerprint density at radius 3 is 3.00 bits per heavy atom. The minimum absolute atomic E-state index is 0.00810. The number of ether oxygens (including phenoxy) is 3. The third-order valence-corrected chi connectivity index (χ3v) is 2.28. The van der Waals surface area contributed by atoms with Gasteiger partial charge in [0.05, 0.1) is 6.61 Å². The quantitative estimate of drug-likeness (QED) is 0.437. The van der Waals surface area contributed by atoms with Crippen LogP contribution in [-0.2, 0) is 14.2 Å². The molecule has 3 fully saturated rings. The lowest BCUT2D eigenvalue weighted by Crippen LogP contribution is -2.39. The zero-order chi connectivity index (χ0) is 6.72. The molecule has 0 amide bonds. The van der Waals surface area contributed by atoms with Crippen LogP contribution in [0, 0.1) is 0 Å². The Morgan fingerprint density at radius 1 is 1.20 bits per heavy atom. The lowest BCUT2D eigenvalue weighted by molar-refractivity contribution is -0.143. The van der Waals surface area contributed by atoms with Crippen molar-refractivity contribution in [3.63, 3.8) is 0 Å². The summed E-state index contributed by atoms with van der Waals surface area (Å²) in [5.41, 5.74) is 0. The molecule has 2 unspecified atom stereocenters. The highest BCUT2D eigenvalue weighted by atomic mass is 16.8. The molecule has 0 aromatic heterocycles. The van der Waals surface area contributed by atoms with Crippen LogP contribution in [0.5, 0.6) is 0 Å².